The number of aliphatic hydroxyl groups is 1. The van der Waals surface area contributed by atoms with Gasteiger partial charge in [0.2, 0.25) is 0 Å². The molecule has 4 aromatic rings. The molecule has 0 amide bonds. The standard InChI is InChI=1S/C33H36F2N4O3/c34-24-6-8-25(9-7-24)36-26-10-13-31-29(17-26)33(41)39(21-23-5-2-14-38(20-23)19-22-3-1-4-22)32(37-31)28-12-11-27(18-30(28)35)42-16-15-40/h6-13,17-18,22-23,36,40H,1-5,14-16,19-21H2. The lowest BCUT2D eigenvalue weighted by Crippen LogP contribution is -2.42. The second kappa shape index (κ2) is 12.6. The first kappa shape index (κ1) is 28.3. The molecule has 42 heavy (non-hydrogen) atoms. The van der Waals surface area contributed by atoms with E-state index in [1.54, 1.807) is 47.0 Å². The van der Waals surface area contributed by atoms with E-state index in [1.165, 1.54) is 37.5 Å². The first-order valence-electron chi connectivity index (χ1n) is 14.8. The maximum absolute atomic E-state index is 15.5. The Labute approximate surface area is 243 Å². The summed E-state index contributed by atoms with van der Waals surface area (Å²) in [6.45, 7) is 3.42. The molecule has 2 aliphatic rings. The van der Waals surface area contributed by atoms with Gasteiger partial charge in [0.25, 0.3) is 5.56 Å². The zero-order valence-electron chi connectivity index (χ0n) is 23.6. The van der Waals surface area contributed by atoms with Crippen LogP contribution < -0.4 is 15.6 Å². The summed E-state index contributed by atoms with van der Waals surface area (Å²) in [5.41, 5.74) is 1.83. The van der Waals surface area contributed by atoms with Crippen molar-refractivity contribution in [2.45, 2.75) is 38.6 Å². The van der Waals surface area contributed by atoms with Crippen molar-refractivity contribution in [2.24, 2.45) is 11.8 Å². The van der Waals surface area contributed by atoms with Gasteiger partial charge in [-0.1, -0.05) is 6.42 Å². The largest absolute Gasteiger partial charge is 0.491 e. The highest BCUT2D eigenvalue weighted by Crippen LogP contribution is 2.31. The number of anilines is 2. The quantitative estimate of drug-likeness (QED) is 0.243. The number of hydrogen-bond acceptors (Lipinski definition) is 6. The van der Waals surface area contributed by atoms with Crippen LogP contribution in [0.2, 0.25) is 0 Å². The number of aromatic nitrogens is 2. The van der Waals surface area contributed by atoms with Gasteiger partial charge in [-0.05, 0) is 98.7 Å². The van der Waals surface area contributed by atoms with E-state index in [-0.39, 0.29) is 41.9 Å². The highest BCUT2D eigenvalue weighted by atomic mass is 19.1. The lowest BCUT2D eigenvalue weighted by Gasteiger charge is -2.37. The van der Waals surface area contributed by atoms with Crippen LogP contribution >= 0.6 is 0 Å². The van der Waals surface area contributed by atoms with E-state index in [4.69, 9.17) is 14.8 Å². The van der Waals surface area contributed by atoms with Crippen molar-refractivity contribution < 1.29 is 18.6 Å². The maximum atomic E-state index is 15.5. The minimum absolute atomic E-state index is 0.0606. The molecule has 1 saturated heterocycles. The monoisotopic (exact) mass is 574 g/mol. The number of nitrogens with zero attached hydrogens (tertiary/aromatic N) is 3. The molecule has 6 rings (SSSR count). The predicted molar refractivity (Wildman–Crippen MR) is 160 cm³/mol. The smallest absolute Gasteiger partial charge is 0.261 e. The molecular formula is C33H36F2N4O3. The maximum Gasteiger partial charge on any atom is 0.261 e. The SMILES string of the molecule is O=c1c2cc(Nc3ccc(F)cc3)ccc2nc(-c2ccc(OCCO)cc2F)n1CC1CCCN(CC2CCC2)C1. The van der Waals surface area contributed by atoms with Crippen molar-refractivity contribution in [1.29, 1.82) is 0 Å². The number of hydrogen-bond donors (Lipinski definition) is 2. The van der Waals surface area contributed by atoms with Crippen LogP contribution in [0.4, 0.5) is 20.2 Å². The Morgan fingerprint density at radius 1 is 0.929 bits per heavy atom. The lowest BCUT2D eigenvalue weighted by molar-refractivity contribution is 0.117. The molecular weight excluding hydrogens is 538 g/mol. The Hall–Kier alpha value is -3.82. The number of aliphatic hydroxyl groups excluding tert-OH is 1. The van der Waals surface area contributed by atoms with Gasteiger partial charge >= 0.3 is 0 Å². The second-order valence-electron chi connectivity index (χ2n) is 11.5. The van der Waals surface area contributed by atoms with Crippen LogP contribution in [-0.2, 0) is 6.54 Å². The van der Waals surface area contributed by atoms with E-state index in [9.17, 15) is 9.18 Å². The first-order chi connectivity index (χ1) is 20.5. The van der Waals surface area contributed by atoms with Gasteiger partial charge in [0.05, 0.1) is 23.1 Å². The molecule has 2 heterocycles. The zero-order chi connectivity index (χ0) is 29.1. The molecule has 1 saturated carbocycles. The summed E-state index contributed by atoms with van der Waals surface area (Å²) >= 11 is 0. The molecule has 7 nitrogen and oxygen atoms in total. The number of halogens is 2. The lowest BCUT2D eigenvalue weighted by atomic mass is 9.84. The Morgan fingerprint density at radius 3 is 2.45 bits per heavy atom. The molecule has 2 N–H and O–H groups in total. The minimum Gasteiger partial charge on any atom is -0.491 e. The van der Waals surface area contributed by atoms with Crippen LogP contribution in [0.1, 0.15) is 32.1 Å². The molecule has 3 aromatic carbocycles. The van der Waals surface area contributed by atoms with Gasteiger partial charge in [-0.2, -0.15) is 0 Å². The van der Waals surface area contributed by atoms with Gasteiger partial charge in [-0.15, -0.1) is 0 Å². The van der Waals surface area contributed by atoms with Crippen LogP contribution in [0.25, 0.3) is 22.3 Å². The highest BCUT2D eigenvalue weighted by molar-refractivity contribution is 5.84. The number of ether oxygens (including phenoxy) is 1. The zero-order valence-corrected chi connectivity index (χ0v) is 23.6. The molecule has 9 heteroatoms. The number of piperidine rings is 1. The van der Waals surface area contributed by atoms with Gasteiger partial charge in [0, 0.05) is 37.1 Å². The molecule has 1 unspecified atom stereocenters. The summed E-state index contributed by atoms with van der Waals surface area (Å²) in [6.07, 6.45) is 5.97. The topological polar surface area (TPSA) is 79.6 Å². The summed E-state index contributed by atoms with van der Waals surface area (Å²) < 4.78 is 35.9. The molecule has 1 aliphatic heterocycles. The molecule has 1 aliphatic carbocycles. The fourth-order valence-electron chi connectivity index (χ4n) is 6.07. The van der Waals surface area contributed by atoms with E-state index in [1.807, 2.05) is 0 Å². The van der Waals surface area contributed by atoms with E-state index >= 15 is 4.39 Å². The number of rotatable bonds is 10. The Kier molecular flexibility index (Phi) is 8.48. The van der Waals surface area contributed by atoms with Crippen LogP contribution in [-0.4, -0.2) is 52.4 Å². The third-order valence-electron chi connectivity index (χ3n) is 8.41. The molecule has 2 fully saturated rings. The van der Waals surface area contributed by atoms with E-state index in [2.05, 4.69) is 10.2 Å². The van der Waals surface area contributed by atoms with E-state index in [0.29, 0.717) is 34.6 Å². The molecule has 1 aromatic heterocycles. The van der Waals surface area contributed by atoms with Gasteiger partial charge < -0.3 is 20.1 Å². The fourth-order valence-corrected chi connectivity index (χ4v) is 6.07. The predicted octanol–water partition coefficient (Wildman–Crippen LogP) is 5.97. The third-order valence-corrected chi connectivity index (χ3v) is 8.41. The normalized spacial score (nSPS) is 17.7. The fraction of sp³-hybridized carbons (Fsp3) is 0.394. The van der Waals surface area contributed by atoms with Crippen molar-refractivity contribution in [3.8, 4) is 17.1 Å². The minimum atomic E-state index is -0.546. The summed E-state index contributed by atoms with van der Waals surface area (Å²) in [7, 11) is 0. The summed E-state index contributed by atoms with van der Waals surface area (Å²) in [5, 5.41) is 12.7. The average molecular weight is 575 g/mol. The Balaban J connectivity index is 1.37. The van der Waals surface area contributed by atoms with E-state index in [0.717, 1.165) is 38.4 Å². The summed E-state index contributed by atoms with van der Waals surface area (Å²) in [5.74, 6) is 0.731. The van der Waals surface area contributed by atoms with Crippen molar-refractivity contribution in [3.05, 3.63) is 82.7 Å². The van der Waals surface area contributed by atoms with Crippen molar-refractivity contribution in [1.82, 2.24) is 14.5 Å². The first-order valence-corrected chi connectivity index (χ1v) is 14.8. The number of fused-ring (bicyclic) bond motifs is 1. The van der Waals surface area contributed by atoms with Crippen molar-refractivity contribution in [2.75, 3.05) is 38.2 Å². The summed E-state index contributed by atoms with van der Waals surface area (Å²) in [6, 6.07) is 15.8. The molecule has 0 bridgehead atoms. The summed E-state index contributed by atoms with van der Waals surface area (Å²) in [4.78, 5) is 21.5. The van der Waals surface area contributed by atoms with E-state index < -0.39 is 5.82 Å². The molecule has 1 atom stereocenters. The van der Waals surface area contributed by atoms with Crippen LogP contribution in [0.3, 0.4) is 0 Å². The number of benzene rings is 3. The Bertz CT molecular complexity index is 1600. The van der Waals surface area contributed by atoms with Crippen LogP contribution in [0.15, 0.2) is 65.5 Å². The number of likely N-dealkylation sites (tertiary alicyclic amines) is 1. The van der Waals surface area contributed by atoms with Crippen LogP contribution in [0, 0.1) is 23.5 Å². The van der Waals surface area contributed by atoms with Gasteiger partial charge in [-0.25, -0.2) is 13.8 Å². The molecule has 0 radical (unpaired) electrons. The molecule has 220 valence electrons. The van der Waals surface area contributed by atoms with Crippen molar-refractivity contribution in [3.63, 3.8) is 0 Å². The van der Waals surface area contributed by atoms with Gasteiger partial charge in [-0.3, -0.25) is 9.36 Å². The second-order valence-corrected chi connectivity index (χ2v) is 11.5. The van der Waals surface area contributed by atoms with Crippen molar-refractivity contribution >= 4 is 22.3 Å². The van der Waals surface area contributed by atoms with Gasteiger partial charge in [0.15, 0.2) is 0 Å². The average Bonchev–Trinajstić information content (AvgIpc) is 2.97. The molecule has 0 spiro atoms. The van der Waals surface area contributed by atoms with Crippen LogP contribution in [0.5, 0.6) is 5.75 Å². The highest BCUT2D eigenvalue weighted by Gasteiger charge is 2.27. The third kappa shape index (κ3) is 6.32. The number of nitrogens with one attached hydrogen (secondary N) is 1. The van der Waals surface area contributed by atoms with Gasteiger partial charge in [0.1, 0.15) is 29.8 Å². The Morgan fingerprint density at radius 2 is 1.71 bits per heavy atom.